The number of nitrogens with zero attached hydrogens (tertiary/aromatic N) is 3. The fraction of sp³-hybridized carbons (Fsp3) is 0.720. The molecular formula is C25H40N6O2. The monoisotopic (exact) mass is 456 g/mol. The molecule has 33 heavy (non-hydrogen) atoms. The number of pyridine rings is 1. The lowest BCUT2D eigenvalue weighted by Gasteiger charge is -2.35. The molecule has 8 nitrogen and oxygen atoms in total. The number of piperidine rings is 1. The zero-order chi connectivity index (χ0) is 23.0. The Morgan fingerprint density at radius 3 is 2.42 bits per heavy atom. The van der Waals surface area contributed by atoms with Crippen LogP contribution >= 0.6 is 0 Å². The van der Waals surface area contributed by atoms with Crippen molar-refractivity contribution in [2.75, 3.05) is 63.2 Å². The molecule has 0 unspecified atom stereocenters. The number of carbonyl (C=O) groups excluding carboxylic acids is 1. The van der Waals surface area contributed by atoms with Gasteiger partial charge >= 0.3 is 0 Å². The van der Waals surface area contributed by atoms with E-state index in [1.165, 1.54) is 25.7 Å². The van der Waals surface area contributed by atoms with Crippen molar-refractivity contribution in [3.63, 3.8) is 0 Å². The molecule has 1 aromatic heterocycles. The molecule has 3 aliphatic heterocycles. The van der Waals surface area contributed by atoms with E-state index < -0.39 is 0 Å². The van der Waals surface area contributed by atoms with E-state index >= 15 is 0 Å². The standard InChI is InChI=1S/C25H40N6O2/c1-27-24-21(6-7-22(29-24)31-12-4-2-3-5-13-31)23(26)25(32)28-20-8-14-30(15-9-20)18-19-10-16-33-17-11-19/h6-7,19-20,26H,2-5,8-18H2,1H3,(H,27,29)(H,28,32). The molecule has 1 amide bonds. The number of hydrogen-bond donors (Lipinski definition) is 3. The highest BCUT2D eigenvalue weighted by atomic mass is 16.5. The van der Waals surface area contributed by atoms with Gasteiger partial charge in [-0.2, -0.15) is 0 Å². The van der Waals surface area contributed by atoms with Crippen LogP contribution in [0.15, 0.2) is 12.1 Å². The predicted octanol–water partition coefficient (Wildman–Crippen LogP) is 2.88. The third-order valence-corrected chi connectivity index (χ3v) is 7.32. The fourth-order valence-electron chi connectivity index (χ4n) is 5.25. The molecule has 3 aliphatic rings. The molecule has 0 radical (unpaired) electrons. The summed E-state index contributed by atoms with van der Waals surface area (Å²) < 4.78 is 5.47. The highest BCUT2D eigenvalue weighted by Crippen LogP contribution is 2.23. The van der Waals surface area contributed by atoms with Crippen LogP contribution < -0.4 is 15.5 Å². The molecule has 1 aromatic rings. The number of anilines is 2. The predicted molar refractivity (Wildman–Crippen MR) is 132 cm³/mol. The van der Waals surface area contributed by atoms with Crippen molar-refractivity contribution in [3.05, 3.63) is 17.7 Å². The molecule has 0 aromatic carbocycles. The normalized spacial score (nSPS) is 21.4. The van der Waals surface area contributed by atoms with Gasteiger partial charge in [0.15, 0.2) is 0 Å². The first-order valence-electron chi connectivity index (χ1n) is 12.8. The largest absolute Gasteiger partial charge is 0.381 e. The Bertz CT molecular complexity index is 794. The summed E-state index contributed by atoms with van der Waals surface area (Å²) in [6.45, 7) is 6.96. The number of nitrogens with one attached hydrogen (secondary N) is 3. The number of hydrogen-bond acceptors (Lipinski definition) is 7. The number of carbonyl (C=O) groups is 1. The maximum Gasteiger partial charge on any atom is 0.270 e. The molecular weight excluding hydrogens is 416 g/mol. The second kappa shape index (κ2) is 11.8. The topological polar surface area (TPSA) is 93.6 Å². The van der Waals surface area contributed by atoms with E-state index in [1.54, 1.807) is 7.05 Å². The van der Waals surface area contributed by atoms with Crippen LogP contribution in [0.3, 0.4) is 0 Å². The van der Waals surface area contributed by atoms with E-state index in [0.717, 1.165) is 83.4 Å². The van der Waals surface area contributed by atoms with Gasteiger partial charge in [-0.1, -0.05) is 12.8 Å². The van der Waals surface area contributed by atoms with Gasteiger partial charge in [0.1, 0.15) is 17.3 Å². The van der Waals surface area contributed by atoms with Gasteiger partial charge in [-0.15, -0.1) is 0 Å². The lowest BCUT2D eigenvalue weighted by atomic mass is 9.97. The maximum atomic E-state index is 12.9. The fourth-order valence-corrected chi connectivity index (χ4v) is 5.25. The van der Waals surface area contributed by atoms with E-state index in [0.29, 0.717) is 11.4 Å². The lowest BCUT2D eigenvalue weighted by Crippen LogP contribution is -2.47. The number of rotatable bonds is 7. The van der Waals surface area contributed by atoms with Crippen LogP contribution in [0.25, 0.3) is 0 Å². The Labute approximate surface area is 198 Å². The summed E-state index contributed by atoms with van der Waals surface area (Å²) in [5.41, 5.74) is 0.546. The Hall–Kier alpha value is -2.19. The smallest absolute Gasteiger partial charge is 0.270 e. The minimum absolute atomic E-state index is 0.0149. The third kappa shape index (κ3) is 6.44. The van der Waals surface area contributed by atoms with Gasteiger partial charge in [0.25, 0.3) is 5.91 Å². The van der Waals surface area contributed by atoms with E-state index in [4.69, 9.17) is 15.1 Å². The first kappa shape index (κ1) is 24.0. The molecule has 8 heteroatoms. The van der Waals surface area contributed by atoms with Crippen molar-refractivity contribution in [2.24, 2.45) is 5.92 Å². The maximum absolute atomic E-state index is 12.9. The molecule has 0 spiro atoms. The molecule has 0 atom stereocenters. The van der Waals surface area contributed by atoms with Crippen LogP contribution in [0.2, 0.25) is 0 Å². The van der Waals surface area contributed by atoms with Crippen molar-refractivity contribution in [2.45, 2.75) is 57.4 Å². The van der Waals surface area contributed by atoms with Crippen molar-refractivity contribution >= 4 is 23.3 Å². The van der Waals surface area contributed by atoms with Crippen LogP contribution in [0.5, 0.6) is 0 Å². The van der Waals surface area contributed by atoms with Gasteiger partial charge in [0.05, 0.1) is 0 Å². The molecule has 3 N–H and O–H groups in total. The summed E-state index contributed by atoms with van der Waals surface area (Å²) in [6.07, 6.45) is 9.10. The Balaban J connectivity index is 1.30. The van der Waals surface area contributed by atoms with Crippen LogP contribution in [0.4, 0.5) is 11.6 Å². The minimum Gasteiger partial charge on any atom is -0.381 e. The third-order valence-electron chi connectivity index (χ3n) is 7.32. The van der Waals surface area contributed by atoms with E-state index in [1.807, 2.05) is 12.1 Å². The Morgan fingerprint density at radius 2 is 1.76 bits per heavy atom. The summed E-state index contributed by atoms with van der Waals surface area (Å²) >= 11 is 0. The van der Waals surface area contributed by atoms with Crippen molar-refractivity contribution in [1.82, 2.24) is 15.2 Å². The van der Waals surface area contributed by atoms with Gasteiger partial charge in [0, 0.05) is 64.6 Å². The lowest BCUT2D eigenvalue weighted by molar-refractivity contribution is -0.115. The van der Waals surface area contributed by atoms with Crippen molar-refractivity contribution < 1.29 is 9.53 Å². The van der Waals surface area contributed by atoms with Crippen LogP contribution in [0.1, 0.15) is 56.9 Å². The van der Waals surface area contributed by atoms with E-state index in [2.05, 4.69) is 20.4 Å². The molecule has 0 aliphatic carbocycles. The molecule has 0 bridgehead atoms. The van der Waals surface area contributed by atoms with Crippen LogP contribution in [0, 0.1) is 11.3 Å². The number of amides is 1. The Kier molecular flexibility index (Phi) is 8.56. The number of ether oxygens (including phenoxy) is 1. The summed E-state index contributed by atoms with van der Waals surface area (Å²) in [5, 5.41) is 14.7. The first-order valence-corrected chi connectivity index (χ1v) is 12.8. The first-order chi connectivity index (χ1) is 16.1. The van der Waals surface area contributed by atoms with Gasteiger partial charge in [-0.3, -0.25) is 10.2 Å². The minimum atomic E-state index is -0.307. The van der Waals surface area contributed by atoms with Crippen molar-refractivity contribution in [1.29, 1.82) is 5.41 Å². The number of likely N-dealkylation sites (tertiary alicyclic amines) is 1. The zero-order valence-corrected chi connectivity index (χ0v) is 20.1. The van der Waals surface area contributed by atoms with E-state index in [9.17, 15) is 4.79 Å². The SMILES string of the molecule is CNc1nc(N2CCCCCC2)ccc1C(=N)C(=O)NC1CCN(CC2CCOCC2)CC1. The quantitative estimate of drug-likeness (QED) is 0.547. The molecule has 4 heterocycles. The second-order valence-electron chi connectivity index (χ2n) is 9.70. The summed E-state index contributed by atoms with van der Waals surface area (Å²) in [4.78, 5) is 22.5. The second-order valence-corrected chi connectivity index (χ2v) is 9.70. The summed E-state index contributed by atoms with van der Waals surface area (Å²) in [7, 11) is 1.80. The average Bonchev–Trinajstić information content (AvgIpc) is 3.15. The number of aromatic nitrogens is 1. The molecule has 182 valence electrons. The highest BCUT2D eigenvalue weighted by molar-refractivity contribution is 6.45. The van der Waals surface area contributed by atoms with Gasteiger partial charge < -0.3 is 25.2 Å². The molecule has 3 fully saturated rings. The summed E-state index contributed by atoms with van der Waals surface area (Å²) in [5.74, 6) is 1.96. The molecule has 0 saturated carbocycles. The van der Waals surface area contributed by atoms with Gasteiger partial charge in [-0.25, -0.2) is 4.98 Å². The van der Waals surface area contributed by atoms with Gasteiger partial charge in [0.2, 0.25) is 0 Å². The molecule has 3 saturated heterocycles. The summed E-state index contributed by atoms with van der Waals surface area (Å²) in [6, 6.07) is 3.96. The van der Waals surface area contributed by atoms with Crippen molar-refractivity contribution in [3.8, 4) is 0 Å². The highest BCUT2D eigenvalue weighted by Gasteiger charge is 2.26. The van der Waals surface area contributed by atoms with Crippen LogP contribution in [-0.4, -0.2) is 80.5 Å². The van der Waals surface area contributed by atoms with Gasteiger partial charge in [-0.05, 0) is 56.6 Å². The average molecular weight is 457 g/mol. The zero-order valence-electron chi connectivity index (χ0n) is 20.1. The van der Waals surface area contributed by atoms with Crippen LogP contribution in [-0.2, 0) is 9.53 Å². The molecule has 4 rings (SSSR count). The Morgan fingerprint density at radius 1 is 1.06 bits per heavy atom. The van der Waals surface area contributed by atoms with E-state index in [-0.39, 0.29) is 17.7 Å².